The van der Waals surface area contributed by atoms with Crippen LogP contribution in [0.4, 0.5) is 0 Å². The number of ether oxygens (including phenoxy) is 2. The standard InChI is InChI=1S/C13H30N2O4/c1-18-9-13(17)11-19-10-12(16)8-15-7-5-3-2-4-6-14/h12-13,15-17H,2-11,14H2,1H3. The summed E-state index contributed by atoms with van der Waals surface area (Å²) >= 11 is 0. The molecule has 0 saturated heterocycles. The van der Waals surface area contributed by atoms with Crippen LogP contribution in [0.1, 0.15) is 25.7 Å². The van der Waals surface area contributed by atoms with E-state index in [1.807, 2.05) is 0 Å². The van der Waals surface area contributed by atoms with Crippen molar-refractivity contribution in [3.8, 4) is 0 Å². The summed E-state index contributed by atoms with van der Waals surface area (Å²) in [6.45, 7) is 2.83. The SMILES string of the molecule is COCC(O)COCC(O)CNCCCCCCN. The van der Waals surface area contributed by atoms with Gasteiger partial charge in [-0.3, -0.25) is 0 Å². The Bertz CT molecular complexity index is 184. The van der Waals surface area contributed by atoms with E-state index in [1.54, 1.807) is 0 Å². The summed E-state index contributed by atoms with van der Waals surface area (Å²) in [5.74, 6) is 0. The van der Waals surface area contributed by atoms with Crippen molar-refractivity contribution >= 4 is 0 Å². The van der Waals surface area contributed by atoms with Crippen LogP contribution in [0.25, 0.3) is 0 Å². The summed E-state index contributed by atoms with van der Waals surface area (Å²) in [5.41, 5.74) is 5.41. The number of methoxy groups -OCH3 is 1. The number of nitrogens with two attached hydrogens (primary N) is 1. The van der Waals surface area contributed by atoms with Crippen molar-refractivity contribution in [2.45, 2.75) is 37.9 Å². The zero-order chi connectivity index (χ0) is 14.3. The first-order valence-electron chi connectivity index (χ1n) is 7.04. The first kappa shape index (κ1) is 18.8. The van der Waals surface area contributed by atoms with Crippen LogP contribution in [0.5, 0.6) is 0 Å². The largest absolute Gasteiger partial charge is 0.389 e. The molecule has 0 aliphatic carbocycles. The van der Waals surface area contributed by atoms with Gasteiger partial charge in [-0.1, -0.05) is 12.8 Å². The maximum Gasteiger partial charge on any atom is 0.101 e. The number of aliphatic hydroxyl groups is 2. The van der Waals surface area contributed by atoms with Crippen LogP contribution in [-0.2, 0) is 9.47 Å². The van der Waals surface area contributed by atoms with Gasteiger partial charge in [0.2, 0.25) is 0 Å². The molecule has 0 heterocycles. The van der Waals surface area contributed by atoms with Gasteiger partial charge in [-0.15, -0.1) is 0 Å². The zero-order valence-corrected chi connectivity index (χ0v) is 12.0. The lowest BCUT2D eigenvalue weighted by Gasteiger charge is -2.14. The summed E-state index contributed by atoms with van der Waals surface area (Å²) in [6, 6.07) is 0. The van der Waals surface area contributed by atoms with Crippen molar-refractivity contribution in [3.63, 3.8) is 0 Å². The summed E-state index contributed by atoms with van der Waals surface area (Å²) in [5, 5.41) is 22.1. The second-order valence-corrected chi connectivity index (χ2v) is 4.71. The van der Waals surface area contributed by atoms with E-state index in [0.717, 1.165) is 25.9 Å². The molecule has 0 bridgehead atoms. The summed E-state index contributed by atoms with van der Waals surface area (Å²) < 4.78 is 9.95. The second kappa shape index (κ2) is 14.2. The van der Waals surface area contributed by atoms with Crippen molar-refractivity contribution in [1.29, 1.82) is 0 Å². The second-order valence-electron chi connectivity index (χ2n) is 4.71. The molecule has 6 nitrogen and oxygen atoms in total. The first-order chi connectivity index (χ1) is 9.20. The van der Waals surface area contributed by atoms with Crippen molar-refractivity contribution < 1.29 is 19.7 Å². The van der Waals surface area contributed by atoms with E-state index in [9.17, 15) is 10.2 Å². The van der Waals surface area contributed by atoms with Crippen LogP contribution in [-0.4, -0.2) is 69.0 Å². The Kier molecular flexibility index (Phi) is 14.0. The van der Waals surface area contributed by atoms with Crippen molar-refractivity contribution in [1.82, 2.24) is 5.32 Å². The van der Waals surface area contributed by atoms with Gasteiger partial charge in [-0.05, 0) is 25.9 Å². The van der Waals surface area contributed by atoms with Crippen molar-refractivity contribution in [2.24, 2.45) is 5.73 Å². The van der Waals surface area contributed by atoms with Gasteiger partial charge in [0.15, 0.2) is 0 Å². The molecule has 0 aromatic carbocycles. The van der Waals surface area contributed by atoms with Gasteiger partial charge in [-0.25, -0.2) is 0 Å². The smallest absolute Gasteiger partial charge is 0.101 e. The highest BCUT2D eigenvalue weighted by Crippen LogP contribution is 1.97. The normalized spacial score (nSPS) is 14.5. The number of unbranched alkanes of at least 4 members (excludes halogenated alkanes) is 3. The summed E-state index contributed by atoms with van der Waals surface area (Å²) in [6.07, 6.45) is 3.34. The molecule has 0 aliphatic heterocycles. The van der Waals surface area contributed by atoms with E-state index < -0.39 is 12.2 Å². The molecule has 116 valence electrons. The third kappa shape index (κ3) is 14.0. The van der Waals surface area contributed by atoms with Gasteiger partial charge >= 0.3 is 0 Å². The number of nitrogens with one attached hydrogen (secondary N) is 1. The van der Waals surface area contributed by atoms with E-state index in [0.29, 0.717) is 6.54 Å². The van der Waals surface area contributed by atoms with Gasteiger partial charge in [0.1, 0.15) is 6.10 Å². The van der Waals surface area contributed by atoms with E-state index in [1.165, 1.54) is 20.0 Å². The van der Waals surface area contributed by atoms with Crippen LogP contribution in [0.2, 0.25) is 0 Å². The molecular formula is C13H30N2O4. The molecule has 2 unspecified atom stereocenters. The predicted octanol–water partition coefficient (Wildman–Crippen LogP) is -0.520. The Morgan fingerprint density at radius 1 is 1.00 bits per heavy atom. The van der Waals surface area contributed by atoms with Crippen LogP contribution in [0.15, 0.2) is 0 Å². The fourth-order valence-electron chi connectivity index (χ4n) is 1.66. The van der Waals surface area contributed by atoms with Crippen LogP contribution < -0.4 is 11.1 Å². The number of hydrogen-bond donors (Lipinski definition) is 4. The summed E-state index contributed by atoms with van der Waals surface area (Å²) in [7, 11) is 1.52. The highest BCUT2D eigenvalue weighted by molar-refractivity contribution is 4.60. The molecule has 0 fully saturated rings. The van der Waals surface area contributed by atoms with Gasteiger partial charge in [0, 0.05) is 13.7 Å². The van der Waals surface area contributed by atoms with Gasteiger partial charge < -0.3 is 30.7 Å². The Hall–Kier alpha value is -0.240. The quantitative estimate of drug-likeness (QED) is 0.319. The zero-order valence-electron chi connectivity index (χ0n) is 12.0. The maximum absolute atomic E-state index is 9.62. The molecule has 0 saturated carbocycles. The van der Waals surface area contributed by atoms with E-state index in [2.05, 4.69) is 5.32 Å². The minimum Gasteiger partial charge on any atom is -0.389 e. The van der Waals surface area contributed by atoms with E-state index in [4.69, 9.17) is 15.2 Å². The van der Waals surface area contributed by atoms with Gasteiger partial charge in [0.05, 0.1) is 25.9 Å². The van der Waals surface area contributed by atoms with Gasteiger partial charge in [0.25, 0.3) is 0 Å². The molecule has 6 heteroatoms. The van der Waals surface area contributed by atoms with Crippen LogP contribution >= 0.6 is 0 Å². The molecule has 5 N–H and O–H groups in total. The van der Waals surface area contributed by atoms with Gasteiger partial charge in [-0.2, -0.15) is 0 Å². The molecule has 19 heavy (non-hydrogen) atoms. The monoisotopic (exact) mass is 278 g/mol. The molecule has 0 aromatic heterocycles. The van der Waals surface area contributed by atoms with E-state index in [-0.39, 0.29) is 19.8 Å². The number of aliphatic hydroxyl groups excluding tert-OH is 2. The Balaban J connectivity index is 3.23. The fraction of sp³-hybridized carbons (Fsp3) is 1.00. The number of rotatable bonds is 14. The molecule has 0 spiro atoms. The summed E-state index contributed by atoms with van der Waals surface area (Å²) in [4.78, 5) is 0. The molecule has 0 rings (SSSR count). The topological polar surface area (TPSA) is 97.0 Å². The third-order valence-corrected chi connectivity index (χ3v) is 2.67. The molecule has 0 amide bonds. The van der Waals surface area contributed by atoms with Crippen molar-refractivity contribution in [3.05, 3.63) is 0 Å². The van der Waals surface area contributed by atoms with Crippen molar-refractivity contribution in [2.75, 3.05) is 46.6 Å². The predicted molar refractivity (Wildman–Crippen MR) is 75.1 cm³/mol. The third-order valence-electron chi connectivity index (χ3n) is 2.67. The molecule has 0 aromatic rings. The lowest BCUT2D eigenvalue weighted by molar-refractivity contribution is -0.0308. The first-order valence-corrected chi connectivity index (χ1v) is 7.04. The lowest BCUT2D eigenvalue weighted by Crippen LogP contribution is -2.32. The molecule has 0 radical (unpaired) electrons. The maximum atomic E-state index is 9.62. The molecule has 0 aliphatic rings. The average molecular weight is 278 g/mol. The molecule has 2 atom stereocenters. The average Bonchev–Trinajstić information content (AvgIpc) is 2.38. The van der Waals surface area contributed by atoms with Crippen LogP contribution in [0, 0.1) is 0 Å². The Labute approximate surface area is 116 Å². The molecular weight excluding hydrogens is 248 g/mol. The van der Waals surface area contributed by atoms with E-state index >= 15 is 0 Å². The van der Waals surface area contributed by atoms with Crippen LogP contribution in [0.3, 0.4) is 0 Å². The minimum atomic E-state index is -0.632. The lowest BCUT2D eigenvalue weighted by atomic mass is 10.2. The number of hydrogen-bond acceptors (Lipinski definition) is 6. The Morgan fingerprint density at radius 3 is 2.37 bits per heavy atom. The highest BCUT2D eigenvalue weighted by atomic mass is 16.5. The highest BCUT2D eigenvalue weighted by Gasteiger charge is 2.07. The minimum absolute atomic E-state index is 0.185. The fourth-order valence-corrected chi connectivity index (χ4v) is 1.66. The Morgan fingerprint density at radius 2 is 1.68 bits per heavy atom.